The van der Waals surface area contributed by atoms with Gasteiger partial charge in [-0.15, -0.1) is 0 Å². The molecule has 0 aliphatic rings. The average molecular weight is 317 g/mol. The normalized spacial score (nSPS) is 12.2. The lowest BCUT2D eigenvalue weighted by molar-refractivity contribution is -0.384. The predicted molar refractivity (Wildman–Crippen MR) is 70.9 cm³/mol. The number of nitro groups is 1. The first kappa shape index (κ1) is 14.4. The van der Waals surface area contributed by atoms with E-state index >= 15 is 0 Å². The summed E-state index contributed by atoms with van der Waals surface area (Å²) in [6.45, 7) is 3.71. The summed E-state index contributed by atoms with van der Waals surface area (Å²) < 4.78 is 0. The smallest absolute Gasteiger partial charge is 0.271 e. The van der Waals surface area contributed by atoms with Crippen LogP contribution in [0.3, 0.4) is 0 Å². The Labute approximate surface area is 112 Å². The average Bonchev–Trinajstić information content (AvgIpc) is 2.30. The number of alkyl halides is 1. The third kappa shape index (κ3) is 3.43. The number of aromatic hydroxyl groups is 1. The maximum absolute atomic E-state index is 11.7. The summed E-state index contributed by atoms with van der Waals surface area (Å²) in [6.07, 6.45) is 0. The highest BCUT2D eigenvalue weighted by atomic mass is 79.9. The summed E-state index contributed by atoms with van der Waals surface area (Å²) in [5, 5.41) is 22.6. The molecule has 0 aliphatic carbocycles. The second-order valence-corrected chi connectivity index (χ2v) is 5.08. The van der Waals surface area contributed by atoms with Gasteiger partial charge < -0.3 is 10.4 Å². The molecule has 1 aromatic carbocycles. The van der Waals surface area contributed by atoms with Gasteiger partial charge in [-0.25, -0.2) is 0 Å². The van der Waals surface area contributed by atoms with Crippen molar-refractivity contribution < 1.29 is 14.8 Å². The van der Waals surface area contributed by atoms with E-state index in [1.165, 1.54) is 12.1 Å². The van der Waals surface area contributed by atoms with Crippen molar-refractivity contribution in [2.45, 2.75) is 18.7 Å². The molecule has 98 valence electrons. The fourth-order valence-corrected chi connectivity index (χ4v) is 1.36. The van der Waals surface area contributed by atoms with Crippen molar-refractivity contribution >= 4 is 33.2 Å². The number of non-ortho nitro benzene ring substituents is 1. The number of phenolic OH excluding ortho intramolecular Hbond substituents is 1. The quantitative estimate of drug-likeness (QED) is 0.386. The Balaban J connectivity index is 2.93. The van der Waals surface area contributed by atoms with Gasteiger partial charge in [-0.2, -0.15) is 0 Å². The molecule has 0 saturated carbocycles. The molecule has 1 atom stereocenters. The highest BCUT2D eigenvalue weighted by molar-refractivity contribution is 9.10. The molecule has 1 rings (SSSR count). The number of amides is 1. The second-order valence-electron chi connectivity index (χ2n) is 4.09. The minimum Gasteiger partial charge on any atom is -0.506 e. The van der Waals surface area contributed by atoms with E-state index in [1.807, 2.05) is 13.8 Å². The van der Waals surface area contributed by atoms with Gasteiger partial charge in [-0.05, 0) is 12.0 Å². The largest absolute Gasteiger partial charge is 0.506 e. The van der Waals surface area contributed by atoms with Crippen LogP contribution in [-0.4, -0.2) is 20.8 Å². The van der Waals surface area contributed by atoms with E-state index in [-0.39, 0.29) is 28.9 Å². The van der Waals surface area contributed by atoms with E-state index in [2.05, 4.69) is 21.2 Å². The van der Waals surface area contributed by atoms with Crippen LogP contribution in [-0.2, 0) is 4.79 Å². The molecule has 6 nitrogen and oxygen atoms in total. The van der Waals surface area contributed by atoms with E-state index in [1.54, 1.807) is 0 Å². The number of hydrogen-bond donors (Lipinski definition) is 2. The maximum atomic E-state index is 11.7. The van der Waals surface area contributed by atoms with Gasteiger partial charge in [0.25, 0.3) is 5.69 Å². The van der Waals surface area contributed by atoms with Crippen LogP contribution >= 0.6 is 15.9 Å². The summed E-state index contributed by atoms with van der Waals surface area (Å²) >= 11 is 3.21. The Hall–Kier alpha value is -1.63. The number of nitrogens with zero attached hydrogens (tertiary/aromatic N) is 1. The molecule has 0 saturated heterocycles. The minimum atomic E-state index is -0.594. The van der Waals surface area contributed by atoms with Gasteiger partial charge in [0.1, 0.15) is 5.75 Å². The first-order valence-corrected chi connectivity index (χ1v) is 6.17. The van der Waals surface area contributed by atoms with Gasteiger partial charge in [-0.1, -0.05) is 29.8 Å². The number of carbonyl (C=O) groups is 1. The highest BCUT2D eigenvalue weighted by Gasteiger charge is 2.20. The lowest BCUT2D eigenvalue weighted by Crippen LogP contribution is -2.27. The molecular formula is C11H13BrN2O4. The van der Waals surface area contributed by atoms with Crippen LogP contribution in [0.1, 0.15) is 13.8 Å². The van der Waals surface area contributed by atoms with Crippen molar-refractivity contribution in [2.75, 3.05) is 5.32 Å². The monoisotopic (exact) mass is 316 g/mol. The number of nitro benzene ring substituents is 1. The Morgan fingerprint density at radius 1 is 1.50 bits per heavy atom. The zero-order valence-corrected chi connectivity index (χ0v) is 11.5. The molecule has 0 spiro atoms. The number of halogens is 1. The standard InChI is InChI=1S/C11H13BrN2O4/c1-6(2)10(12)11(16)13-8-5-7(14(17)18)3-4-9(8)15/h3-6,10,15H,1-2H3,(H,13,16)/t10-/m1/s1. The number of rotatable bonds is 4. The molecule has 0 heterocycles. The fourth-order valence-electron chi connectivity index (χ4n) is 1.24. The SMILES string of the molecule is CC(C)[C@@H](Br)C(=O)Nc1cc([N+](=O)[O-])ccc1O. The van der Waals surface area contributed by atoms with Gasteiger partial charge in [0, 0.05) is 12.1 Å². The van der Waals surface area contributed by atoms with Gasteiger partial charge >= 0.3 is 0 Å². The molecule has 0 radical (unpaired) electrons. The Kier molecular flexibility index (Phi) is 4.66. The van der Waals surface area contributed by atoms with Crippen molar-refractivity contribution in [3.63, 3.8) is 0 Å². The fraction of sp³-hybridized carbons (Fsp3) is 0.364. The molecule has 0 aliphatic heterocycles. The summed E-state index contributed by atoms with van der Waals surface area (Å²) in [4.78, 5) is 21.3. The summed E-state index contributed by atoms with van der Waals surface area (Å²) in [6, 6.07) is 3.46. The van der Waals surface area contributed by atoms with Crippen LogP contribution in [0, 0.1) is 16.0 Å². The zero-order valence-electron chi connectivity index (χ0n) is 9.88. The van der Waals surface area contributed by atoms with Crippen LogP contribution < -0.4 is 5.32 Å². The van der Waals surface area contributed by atoms with Crippen LogP contribution in [0.15, 0.2) is 18.2 Å². The third-order valence-electron chi connectivity index (χ3n) is 2.28. The number of phenols is 1. The predicted octanol–water partition coefficient (Wildman–Crippen LogP) is 2.66. The molecular weight excluding hydrogens is 304 g/mol. The van der Waals surface area contributed by atoms with Gasteiger partial charge in [0.2, 0.25) is 5.91 Å². The van der Waals surface area contributed by atoms with Crippen molar-refractivity contribution in [1.82, 2.24) is 0 Å². The lowest BCUT2D eigenvalue weighted by atomic mass is 10.1. The maximum Gasteiger partial charge on any atom is 0.271 e. The first-order valence-electron chi connectivity index (χ1n) is 5.25. The second kappa shape index (κ2) is 5.81. The van der Waals surface area contributed by atoms with E-state index in [0.717, 1.165) is 6.07 Å². The Morgan fingerprint density at radius 3 is 2.61 bits per heavy atom. The van der Waals surface area contributed by atoms with Gasteiger partial charge in [0.15, 0.2) is 0 Å². The molecule has 18 heavy (non-hydrogen) atoms. The number of nitrogens with one attached hydrogen (secondary N) is 1. The van der Waals surface area contributed by atoms with E-state index in [4.69, 9.17) is 0 Å². The van der Waals surface area contributed by atoms with Crippen LogP contribution in [0.5, 0.6) is 5.75 Å². The Morgan fingerprint density at radius 2 is 2.11 bits per heavy atom. The molecule has 0 bridgehead atoms. The van der Waals surface area contributed by atoms with Crippen molar-refractivity contribution in [2.24, 2.45) is 5.92 Å². The number of anilines is 1. The molecule has 1 amide bonds. The van der Waals surface area contributed by atoms with Crippen LogP contribution in [0.4, 0.5) is 11.4 Å². The number of benzene rings is 1. The lowest BCUT2D eigenvalue weighted by Gasteiger charge is -2.14. The van der Waals surface area contributed by atoms with Gasteiger partial charge in [0.05, 0.1) is 15.4 Å². The molecule has 7 heteroatoms. The summed E-state index contributed by atoms with van der Waals surface area (Å²) in [5.41, 5.74) is -0.168. The topological polar surface area (TPSA) is 92.5 Å². The van der Waals surface area contributed by atoms with Crippen molar-refractivity contribution in [3.8, 4) is 5.75 Å². The van der Waals surface area contributed by atoms with E-state index < -0.39 is 9.75 Å². The molecule has 1 aromatic rings. The van der Waals surface area contributed by atoms with Gasteiger partial charge in [-0.3, -0.25) is 14.9 Å². The van der Waals surface area contributed by atoms with Crippen LogP contribution in [0.25, 0.3) is 0 Å². The highest BCUT2D eigenvalue weighted by Crippen LogP contribution is 2.28. The zero-order chi connectivity index (χ0) is 13.9. The number of carbonyl (C=O) groups excluding carboxylic acids is 1. The van der Waals surface area contributed by atoms with Crippen LogP contribution in [0.2, 0.25) is 0 Å². The molecule has 0 fully saturated rings. The number of hydrogen-bond acceptors (Lipinski definition) is 4. The van der Waals surface area contributed by atoms with E-state index in [9.17, 15) is 20.0 Å². The van der Waals surface area contributed by atoms with Crippen molar-refractivity contribution in [3.05, 3.63) is 28.3 Å². The molecule has 0 aromatic heterocycles. The molecule has 0 unspecified atom stereocenters. The minimum absolute atomic E-state index is 0.0271. The third-order valence-corrected chi connectivity index (χ3v) is 3.76. The summed E-state index contributed by atoms with van der Waals surface area (Å²) in [5.74, 6) is -0.510. The molecule has 2 N–H and O–H groups in total. The first-order chi connectivity index (χ1) is 8.32. The van der Waals surface area contributed by atoms with Crippen molar-refractivity contribution in [1.29, 1.82) is 0 Å². The summed E-state index contributed by atoms with van der Waals surface area (Å²) in [7, 11) is 0. The van der Waals surface area contributed by atoms with E-state index in [0.29, 0.717) is 0 Å². The Bertz CT molecular complexity index is 476.